The van der Waals surface area contributed by atoms with E-state index in [0.29, 0.717) is 18.2 Å². The molecule has 1 atom stereocenters. The van der Waals surface area contributed by atoms with Gasteiger partial charge in [-0.05, 0) is 36.6 Å². The van der Waals surface area contributed by atoms with Crippen LogP contribution in [-0.4, -0.2) is 19.3 Å². The van der Waals surface area contributed by atoms with Crippen LogP contribution in [0, 0.1) is 11.3 Å². The number of ether oxygens (including phenoxy) is 2. The fourth-order valence-corrected chi connectivity index (χ4v) is 2.83. The first-order valence-corrected chi connectivity index (χ1v) is 8.36. The average Bonchev–Trinajstić information content (AvgIpc) is 2.66. The highest BCUT2D eigenvalue weighted by molar-refractivity contribution is 5.37. The van der Waals surface area contributed by atoms with Crippen LogP contribution in [0.5, 0.6) is 5.75 Å². The van der Waals surface area contributed by atoms with Gasteiger partial charge in [0.25, 0.3) is 0 Å². The molecule has 0 radical (unpaired) electrons. The summed E-state index contributed by atoms with van der Waals surface area (Å²) in [7, 11) is 0. The molecule has 3 rings (SSSR count). The fourth-order valence-electron chi connectivity index (χ4n) is 2.83. The number of hydrogen-bond acceptors (Lipinski definition) is 4. The van der Waals surface area contributed by atoms with E-state index in [2.05, 4.69) is 17.5 Å². The summed E-state index contributed by atoms with van der Waals surface area (Å²) in [5.74, 6) is 0.821. The third-order valence-electron chi connectivity index (χ3n) is 4.19. The quantitative estimate of drug-likeness (QED) is 0.885. The van der Waals surface area contributed by atoms with Gasteiger partial charge in [-0.2, -0.15) is 5.26 Å². The van der Waals surface area contributed by atoms with Gasteiger partial charge in [0.15, 0.2) is 0 Å². The third-order valence-corrected chi connectivity index (χ3v) is 4.19. The number of benzene rings is 2. The van der Waals surface area contributed by atoms with Crippen molar-refractivity contribution in [1.29, 1.82) is 5.26 Å². The van der Waals surface area contributed by atoms with Crippen molar-refractivity contribution in [3.05, 3.63) is 65.2 Å². The Kier molecular flexibility index (Phi) is 5.84. The topological polar surface area (TPSA) is 54.3 Å². The highest BCUT2D eigenvalue weighted by atomic mass is 16.5. The summed E-state index contributed by atoms with van der Waals surface area (Å²) in [5.41, 5.74) is 2.75. The second-order valence-electron chi connectivity index (χ2n) is 6.00. The van der Waals surface area contributed by atoms with Gasteiger partial charge in [-0.15, -0.1) is 0 Å². The van der Waals surface area contributed by atoms with E-state index in [1.54, 1.807) is 0 Å². The molecule has 0 bridgehead atoms. The maximum Gasteiger partial charge on any atom is 0.120 e. The van der Waals surface area contributed by atoms with Crippen LogP contribution in [-0.2, 0) is 17.9 Å². The van der Waals surface area contributed by atoms with E-state index >= 15 is 0 Å². The molecular formula is C20H22N2O2. The van der Waals surface area contributed by atoms with E-state index < -0.39 is 0 Å². The second-order valence-corrected chi connectivity index (χ2v) is 6.00. The highest BCUT2D eigenvalue weighted by Crippen LogP contribution is 2.17. The molecule has 0 spiro atoms. The first kappa shape index (κ1) is 16.5. The summed E-state index contributed by atoms with van der Waals surface area (Å²) in [4.78, 5) is 0. The van der Waals surface area contributed by atoms with Crippen LogP contribution in [0.2, 0.25) is 0 Å². The minimum atomic E-state index is 0.400. The molecule has 1 unspecified atom stereocenters. The first-order chi connectivity index (χ1) is 11.8. The number of nitrogens with zero attached hydrogens (tertiary/aromatic N) is 1. The van der Waals surface area contributed by atoms with Crippen LogP contribution in [0.3, 0.4) is 0 Å². The van der Waals surface area contributed by atoms with Crippen molar-refractivity contribution in [3.63, 3.8) is 0 Å². The van der Waals surface area contributed by atoms with Crippen molar-refractivity contribution >= 4 is 0 Å². The first-order valence-electron chi connectivity index (χ1n) is 8.36. The monoisotopic (exact) mass is 322 g/mol. The zero-order chi connectivity index (χ0) is 16.6. The fraction of sp³-hybridized carbons (Fsp3) is 0.350. The van der Waals surface area contributed by atoms with Gasteiger partial charge in [0.05, 0.1) is 18.2 Å². The number of hydrogen-bond donors (Lipinski definition) is 1. The van der Waals surface area contributed by atoms with Crippen molar-refractivity contribution in [1.82, 2.24) is 5.32 Å². The molecule has 2 aromatic carbocycles. The molecule has 124 valence electrons. The Morgan fingerprint density at radius 2 is 2.12 bits per heavy atom. The number of nitriles is 1. The van der Waals surface area contributed by atoms with Gasteiger partial charge in [-0.3, -0.25) is 0 Å². The molecule has 24 heavy (non-hydrogen) atoms. The smallest absolute Gasteiger partial charge is 0.120 e. The van der Waals surface area contributed by atoms with Crippen molar-refractivity contribution in [3.8, 4) is 11.8 Å². The Morgan fingerprint density at radius 1 is 1.21 bits per heavy atom. The van der Waals surface area contributed by atoms with Crippen molar-refractivity contribution in [2.24, 2.45) is 0 Å². The van der Waals surface area contributed by atoms with Crippen molar-refractivity contribution in [2.75, 3.05) is 13.2 Å². The van der Waals surface area contributed by atoms with E-state index in [0.717, 1.165) is 37.5 Å². The maximum absolute atomic E-state index is 9.13. The van der Waals surface area contributed by atoms with Gasteiger partial charge in [0, 0.05) is 24.8 Å². The minimum Gasteiger partial charge on any atom is -0.489 e. The van der Waals surface area contributed by atoms with E-state index in [4.69, 9.17) is 14.7 Å². The lowest BCUT2D eigenvalue weighted by atomic mass is 10.1. The van der Waals surface area contributed by atoms with Gasteiger partial charge < -0.3 is 14.8 Å². The Labute approximate surface area is 143 Å². The molecule has 0 aliphatic carbocycles. The van der Waals surface area contributed by atoms with Crippen molar-refractivity contribution in [2.45, 2.75) is 32.0 Å². The minimum absolute atomic E-state index is 0.400. The van der Waals surface area contributed by atoms with Crippen LogP contribution in [0.4, 0.5) is 0 Å². The Hall–Kier alpha value is -2.35. The number of nitrogens with one attached hydrogen (secondary N) is 1. The van der Waals surface area contributed by atoms with Gasteiger partial charge in [0.2, 0.25) is 0 Å². The second kappa shape index (κ2) is 8.49. The third kappa shape index (κ3) is 4.58. The molecule has 1 heterocycles. The van der Waals surface area contributed by atoms with Gasteiger partial charge in [-0.25, -0.2) is 0 Å². The lowest BCUT2D eigenvalue weighted by Crippen LogP contribution is -2.36. The lowest BCUT2D eigenvalue weighted by molar-refractivity contribution is 0.0699. The summed E-state index contributed by atoms with van der Waals surface area (Å²) < 4.78 is 11.4. The average molecular weight is 322 g/mol. The van der Waals surface area contributed by atoms with Gasteiger partial charge in [0.1, 0.15) is 12.4 Å². The van der Waals surface area contributed by atoms with E-state index in [-0.39, 0.29) is 0 Å². The molecule has 4 nitrogen and oxygen atoms in total. The lowest BCUT2D eigenvalue weighted by Gasteiger charge is -2.23. The van der Waals surface area contributed by atoms with Crippen LogP contribution in [0.25, 0.3) is 0 Å². The van der Waals surface area contributed by atoms with Crippen LogP contribution >= 0.6 is 0 Å². The Morgan fingerprint density at radius 3 is 2.96 bits per heavy atom. The van der Waals surface area contributed by atoms with Gasteiger partial charge in [-0.1, -0.05) is 30.3 Å². The molecule has 2 aromatic rings. The van der Waals surface area contributed by atoms with Crippen LogP contribution < -0.4 is 10.1 Å². The zero-order valence-corrected chi connectivity index (χ0v) is 13.7. The largest absolute Gasteiger partial charge is 0.489 e. The normalized spacial score (nSPS) is 17.2. The summed E-state index contributed by atoms with van der Waals surface area (Å²) in [5, 5.41) is 12.7. The summed E-state index contributed by atoms with van der Waals surface area (Å²) in [6, 6.07) is 18.2. The molecule has 4 heteroatoms. The molecule has 0 aromatic heterocycles. The molecule has 1 N–H and O–H groups in total. The standard InChI is InChI=1S/C20H22N2O2/c21-12-17-6-1-2-7-18(17)14-24-20-9-3-5-16(11-20)13-22-19-8-4-10-23-15-19/h1-3,5-7,9,11,19,22H,4,8,10,13-15H2. The molecule has 1 saturated heterocycles. The molecule has 1 fully saturated rings. The van der Waals surface area contributed by atoms with Crippen LogP contribution in [0.15, 0.2) is 48.5 Å². The van der Waals surface area contributed by atoms with Crippen molar-refractivity contribution < 1.29 is 9.47 Å². The highest BCUT2D eigenvalue weighted by Gasteiger charge is 2.12. The van der Waals surface area contributed by atoms with E-state index in [9.17, 15) is 0 Å². The van der Waals surface area contributed by atoms with Gasteiger partial charge >= 0.3 is 0 Å². The molecule has 0 amide bonds. The Bertz CT molecular complexity index is 703. The van der Waals surface area contributed by atoms with E-state index in [1.807, 2.05) is 42.5 Å². The van der Waals surface area contributed by atoms with E-state index in [1.165, 1.54) is 12.0 Å². The van der Waals surface area contributed by atoms with Crippen LogP contribution in [0.1, 0.15) is 29.5 Å². The molecule has 1 aliphatic rings. The SMILES string of the molecule is N#Cc1ccccc1COc1cccc(CNC2CCCOC2)c1. The number of rotatable bonds is 6. The molecule has 1 aliphatic heterocycles. The summed E-state index contributed by atoms with van der Waals surface area (Å²) >= 11 is 0. The maximum atomic E-state index is 9.13. The predicted octanol–water partition coefficient (Wildman–Crippen LogP) is 3.41. The Balaban J connectivity index is 1.56. The molecular weight excluding hydrogens is 300 g/mol. The predicted molar refractivity (Wildman–Crippen MR) is 92.6 cm³/mol. The summed E-state index contributed by atoms with van der Waals surface area (Å²) in [6.07, 6.45) is 2.29. The zero-order valence-electron chi connectivity index (χ0n) is 13.7. The summed E-state index contributed by atoms with van der Waals surface area (Å²) in [6.45, 7) is 2.88. The molecule has 0 saturated carbocycles.